The van der Waals surface area contributed by atoms with Gasteiger partial charge in [0.25, 0.3) is 0 Å². The van der Waals surface area contributed by atoms with Gasteiger partial charge in [0.1, 0.15) is 11.3 Å². The Hall–Kier alpha value is -2.16. The van der Waals surface area contributed by atoms with Crippen LogP contribution in [0.1, 0.15) is 23.2 Å². The van der Waals surface area contributed by atoms with E-state index in [2.05, 4.69) is 5.32 Å². The van der Waals surface area contributed by atoms with Crippen LogP contribution >= 0.6 is 0 Å². The maximum absolute atomic E-state index is 11.6. The van der Waals surface area contributed by atoms with Crippen LogP contribution in [0.5, 0.6) is 0 Å². The molecule has 0 aliphatic carbocycles. The highest BCUT2D eigenvalue weighted by atomic mass is 32.2. The Kier molecular flexibility index (Phi) is 4.12. The zero-order valence-corrected chi connectivity index (χ0v) is 11.8. The summed E-state index contributed by atoms with van der Waals surface area (Å²) in [5, 5.41) is 22.9. The zero-order valence-electron chi connectivity index (χ0n) is 11.0. The lowest BCUT2D eigenvalue weighted by molar-refractivity contribution is -0.384. The number of aromatic carboxylic acids is 1. The normalized spacial score (nSPS) is 20.7. The van der Waals surface area contributed by atoms with Crippen LogP contribution in [0.3, 0.4) is 0 Å². The highest BCUT2D eigenvalue weighted by Crippen LogP contribution is 2.30. The molecule has 0 spiro atoms. The predicted octanol–water partition coefficient (Wildman–Crippen LogP) is 1.28. The Morgan fingerprint density at radius 3 is 2.71 bits per heavy atom. The maximum Gasteiger partial charge on any atom is 0.342 e. The van der Waals surface area contributed by atoms with Gasteiger partial charge in [-0.2, -0.15) is 0 Å². The third-order valence-electron chi connectivity index (χ3n) is 3.27. The van der Waals surface area contributed by atoms with E-state index < -0.39 is 38.0 Å². The van der Waals surface area contributed by atoms with Gasteiger partial charge in [-0.3, -0.25) is 10.1 Å². The molecule has 0 bridgehead atoms. The Bertz CT molecular complexity index is 685. The van der Waals surface area contributed by atoms with Gasteiger partial charge in [0.05, 0.1) is 16.4 Å². The summed E-state index contributed by atoms with van der Waals surface area (Å²) in [5.41, 5.74) is -0.946. The summed E-state index contributed by atoms with van der Waals surface area (Å²) in [7, 11) is -3.16. The second-order valence-corrected chi connectivity index (χ2v) is 7.09. The number of hydrogen-bond acceptors (Lipinski definition) is 6. The van der Waals surface area contributed by atoms with E-state index in [9.17, 15) is 23.3 Å². The minimum absolute atomic E-state index is 0.0296. The predicted molar refractivity (Wildman–Crippen MR) is 75.4 cm³/mol. The van der Waals surface area contributed by atoms with Gasteiger partial charge in [0.2, 0.25) is 0 Å². The van der Waals surface area contributed by atoms with E-state index in [1.165, 1.54) is 12.1 Å². The summed E-state index contributed by atoms with van der Waals surface area (Å²) in [5.74, 6) is -1.40. The van der Waals surface area contributed by atoms with Gasteiger partial charge in [-0.15, -0.1) is 0 Å². The Balaban J connectivity index is 2.34. The number of hydrogen-bond donors (Lipinski definition) is 2. The van der Waals surface area contributed by atoms with Gasteiger partial charge in [0.15, 0.2) is 9.84 Å². The molecule has 114 valence electrons. The van der Waals surface area contributed by atoms with Crippen LogP contribution in [0.4, 0.5) is 11.4 Å². The third-order valence-corrected chi connectivity index (χ3v) is 5.09. The van der Waals surface area contributed by atoms with E-state index in [0.29, 0.717) is 12.8 Å². The van der Waals surface area contributed by atoms with Gasteiger partial charge in [-0.25, -0.2) is 13.2 Å². The summed E-state index contributed by atoms with van der Waals surface area (Å²) < 4.78 is 23.2. The number of nitro groups is 1. The molecule has 1 aromatic carbocycles. The van der Waals surface area contributed by atoms with Gasteiger partial charge >= 0.3 is 11.7 Å². The van der Waals surface area contributed by atoms with Crippen molar-refractivity contribution in [1.29, 1.82) is 0 Å². The number of sulfone groups is 1. The molecule has 1 saturated heterocycles. The first kappa shape index (κ1) is 15.2. The number of carbonyl (C=O) groups is 1. The molecule has 1 fully saturated rings. The van der Waals surface area contributed by atoms with Crippen molar-refractivity contribution in [1.82, 2.24) is 0 Å². The monoisotopic (exact) mass is 314 g/mol. The van der Waals surface area contributed by atoms with Crippen molar-refractivity contribution in [3.8, 4) is 0 Å². The topological polar surface area (TPSA) is 127 Å². The summed E-state index contributed by atoms with van der Waals surface area (Å²) in [6, 6.07) is 3.46. The number of carboxylic acid groups (broad SMARTS) is 1. The van der Waals surface area contributed by atoms with Crippen molar-refractivity contribution in [2.75, 3.05) is 16.8 Å². The van der Waals surface area contributed by atoms with Crippen LogP contribution < -0.4 is 5.32 Å². The average molecular weight is 314 g/mol. The highest BCUT2D eigenvalue weighted by molar-refractivity contribution is 7.91. The number of nitrogens with one attached hydrogen (secondary N) is 1. The van der Waals surface area contributed by atoms with Crippen molar-refractivity contribution in [2.24, 2.45) is 0 Å². The number of nitrogens with zero attached hydrogens (tertiary/aromatic N) is 1. The van der Waals surface area contributed by atoms with Crippen LogP contribution in [0.25, 0.3) is 0 Å². The van der Waals surface area contributed by atoms with Crippen molar-refractivity contribution < 1.29 is 23.2 Å². The molecule has 0 aromatic heterocycles. The van der Waals surface area contributed by atoms with Crippen molar-refractivity contribution >= 4 is 27.2 Å². The second-order valence-electron chi connectivity index (χ2n) is 4.86. The van der Waals surface area contributed by atoms with Gasteiger partial charge in [-0.1, -0.05) is 6.07 Å². The first-order valence-electron chi connectivity index (χ1n) is 6.28. The Morgan fingerprint density at radius 1 is 1.43 bits per heavy atom. The van der Waals surface area contributed by atoms with Crippen molar-refractivity contribution in [2.45, 2.75) is 18.9 Å². The SMILES string of the molecule is O=C(O)c1cccc(NC2CCCS(=O)(=O)C2)c1[N+](=O)[O-]. The molecule has 1 aliphatic rings. The standard InChI is InChI=1S/C12H14N2O6S/c15-12(16)9-4-1-5-10(11(9)14(17)18)13-8-3-2-6-21(19,20)7-8/h1,4-5,8,13H,2-3,6-7H2,(H,15,16). The lowest BCUT2D eigenvalue weighted by Gasteiger charge is -2.24. The van der Waals surface area contributed by atoms with Crippen LogP contribution in [0, 0.1) is 10.1 Å². The van der Waals surface area contributed by atoms with Crippen molar-refractivity contribution in [3.05, 3.63) is 33.9 Å². The summed E-state index contributed by atoms with van der Waals surface area (Å²) in [6.45, 7) is 0. The van der Waals surface area contributed by atoms with Crippen LogP contribution in [-0.2, 0) is 9.84 Å². The molecule has 1 atom stereocenters. The first-order valence-corrected chi connectivity index (χ1v) is 8.10. The smallest absolute Gasteiger partial charge is 0.342 e. The van der Waals surface area contributed by atoms with Crippen LogP contribution in [0.2, 0.25) is 0 Å². The molecular weight excluding hydrogens is 300 g/mol. The van der Waals surface area contributed by atoms with E-state index in [0.717, 1.165) is 6.07 Å². The number of carboxylic acids is 1. The Morgan fingerprint density at radius 2 is 2.14 bits per heavy atom. The number of rotatable bonds is 4. The molecule has 0 saturated carbocycles. The summed E-state index contributed by atoms with van der Waals surface area (Å²) >= 11 is 0. The summed E-state index contributed by atoms with van der Waals surface area (Å²) in [6.07, 6.45) is 1.04. The molecule has 21 heavy (non-hydrogen) atoms. The minimum atomic E-state index is -3.16. The third kappa shape index (κ3) is 3.48. The van der Waals surface area contributed by atoms with E-state index in [1.54, 1.807) is 0 Å². The fourth-order valence-electron chi connectivity index (χ4n) is 2.39. The van der Waals surface area contributed by atoms with E-state index >= 15 is 0 Å². The number of anilines is 1. The largest absolute Gasteiger partial charge is 0.477 e. The number of para-hydroxylation sites is 1. The van der Waals surface area contributed by atoms with Crippen LogP contribution in [-0.4, -0.2) is 42.0 Å². The van der Waals surface area contributed by atoms with Crippen molar-refractivity contribution in [3.63, 3.8) is 0 Å². The van der Waals surface area contributed by atoms with Crippen LogP contribution in [0.15, 0.2) is 18.2 Å². The number of benzene rings is 1. The lowest BCUT2D eigenvalue weighted by Crippen LogP contribution is -2.35. The highest BCUT2D eigenvalue weighted by Gasteiger charge is 2.29. The lowest BCUT2D eigenvalue weighted by atomic mass is 10.1. The fourth-order valence-corrected chi connectivity index (χ4v) is 4.02. The molecule has 0 amide bonds. The molecular formula is C12H14N2O6S. The Labute approximate surface area is 120 Å². The quantitative estimate of drug-likeness (QED) is 0.633. The first-order chi connectivity index (χ1) is 9.80. The zero-order chi connectivity index (χ0) is 15.6. The molecule has 9 heteroatoms. The molecule has 2 N–H and O–H groups in total. The van der Waals surface area contributed by atoms with E-state index in [4.69, 9.17) is 5.11 Å². The number of nitro benzene ring substituents is 1. The van der Waals surface area contributed by atoms with E-state index in [1.807, 2.05) is 0 Å². The van der Waals surface area contributed by atoms with E-state index in [-0.39, 0.29) is 17.2 Å². The molecule has 0 radical (unpaired) electrons. The minimum Gasteiger partial charge on any atom is -0.477 e. The maximum atomic E-state index is 11.6. The molecule has 1 aliphatic heterocycles. The average Bonchev–Trinajstić information content (AvgIpc) is 2.36. The van der Waals surface area contributed by atoms with Gasteiger partial charge in [0, 0.05) is 6.04 Å². The molecule has 2 rings (SSSR count). The second kappa shape index (κ2) is 5.68. The summed E-state index contributed by atoms with van der Waals surface area (Å²) in [4.78, 5) is 21.4. The molecule has 1 unspecified atom stereocenters. The van der Waals surface area contributed by atoms with Gasteiger partial charge < -0.3 is 10.4 Å². The fraction of sp³-hybridized carbons (Fsp3) is 0.417. The molecule has 8 nitrogen and oxygen atoms in total. The molecule has 1 heterocycles. The van der Waals surface area contributed by atoms with Gasteiger partial charge in [-0.05, 0) is 25.0 Å². The molecule has 1 aromatic rings.